The summed E-state index contributed by atoms with van der Waals surface area (Å²) in [7, 11) is 2.16. The molecule has 0 amide bonds. The topological polar surface area (TPSA) is 42.8 Å². The van der Waals surface area contributed by atoms with Gasteiger partial charge in [0.05, 0.1) is 17.0 Å². The van der Waals surface area contributed by atoms with Crippen molar-refractivity contribution in [2.24, 2.45) is 9.98 Å². The number of rotatable bonds is 4. The first-order valence-electron chi connectivity index (χ1n) is 18.6. The smallest absolute Gasteiger partial charge is 0.216 e. The number of aliphatic imine (C=N–C) groups is 2. The monoisotopic (exact) mass is 680 g/mol. The average molecular weight is 681 g/mol. The minimum absolute atomic E-state index is 0.0265. The van der Waals surface area contributed by atoms with E-state index < -0.39 is 0 Å². The lowest BCUT2D eigenvalue weighted by Crippen LogP contribution is -2.25. The molecule has 0 spiro atoms. The number of allylic oxidation sites excluding steroid dienone is 4. The molecule has 251 valence electrons. The lowest BCUT2D eigenvalue weighted by molar-refractivity contribution is 0.612. The highest BCUT2D eigenvalue weighted by Crippen LogP contribution is 2.54. The van der Waals surface area contributed by atoms with Crippen LogP contribution in [0.15, 0.2) is 172 Å². The van der Waals surface area contributed by atoms with Crippen LogP contribution in [0.1, 0.15) is 59.9 Å². The van der Waals surface area contributed by atoms with Crippen molar-refractivity contribution in [3.05, 3.63) is 185 Å². The zero-order chi connectivity index (χ0) is 35.3. The molecule has 0 saturated heterocycles. The summed E-state index contributed by atoms with van der Waals surface area (Å²) in [6.45, 7) is 4.77. The van der Waals surface area contributed by atoms with Gasteiger partial charge in [-0.05, 0) is 65.1 Å². The van der Waals surface area contributed by atoms with Crippen molar-refractivity contribution in [1.29, 1.82) is 0 Å². The molecule has 4 nitrogen and oxygen atoms in total. The minimum atomic E-state index is -0.155. The zero-order valence-electron chi connectivity index (χ0n) is 29.6. The molecule has 1 aliphatic heterocycles. The highest BCUT2D eigenvalue weighted by molar-refractivity contribution is 6.81. The predicted molar refractivity (Wildman–Crippen MR) is 220 cm³/mol. The van der Waals surface area contributed by atoms with Crippen LogP contribution in [0, 0.1) is 0 Å². The highest BCUT2D eigenvalue weighted by Gasteiger charge is 2.42. The molecule has 0 fully saturated rings. The first-order valence-corrected chi connectivity index (χ1v) is 18.6. The molecular formula is C48H35BN3O. The number of benzene rings is 6. The Labute approximate surface area is 308 Å². The van der Waals surface area contributed by atoms with Gasteiger partial charge in [0, 0.05) is 55.8 Å². The second kappa shape index (κ2) is 11.4. The largest absolute Gasteiger partial charge is 0.456 e. The van der Waals surface area contributed by atoms with Crippen molar-refractivity contribution in [2.45, 2.75) is 37.5 Å². The van der Waals surface area contributed by atoms with E-state index in [-0.39, 0.29) is 11.4 Å². The molecule has 5 heteroatoms. The van der Waals surface area contributed by atoms with E-state index in [0.29, 0.717) is 11.8 Å². The molecule has 11 rings (SSSR count). The summed E-state index contributed by atoms with van der Waals surface area (Å²) in [5.41, 5.74) is 13.7. The number of aromatic nitrogens is 1. The van der Waals surface area contributed by atoms with Crippen LogP contribution in [-0.4, -0.2) is 23.3 Å². The molecule has 0 bridgehead atoms. The molecule has 3 heterocycles. The number of hydrogen-bond acceptors (Lipinski definition) is 3. The van der Waals surface area contributed by atoms with Crippen LogP contribution < -0.4 is 0 Å². The summed E-state index contributed by atoms with van der Waals surface area (Å²) in [6.07, 6.45) is 7.96. The third kappa shape index (κ3) is 4.56. The van der Waals surface area contributed by atoms with E-state index in [9.17, 15) is 0 Å². The van der Waals surface area contributed by atoms with Gasteiger partial charge in [-0.1, -0.05) is 129 Å². The Morgan fingerprint density at radius 2 is 1.55 bits per heavy atom. The molecule has 2 aromatic heterocycles. The lowest BCUT2D eigenvalue weighted by atomic mass is 9.60. The van der Waals surface area contributed by atoms with E-state index in [2.05, 4.69) is 165 Å². The molecule has 2 atom stereocenters. The fourth-order valence-corrected chi connectivity index (χ4v) is 9.22. The Morgan fingerprint density at radius 3 is 2.42 bits per heavy atom. The number of fused-ring (bicyclic) bond motifs is 9. The van der Waals surface area contributed by atoms with Gasteiger partial charge in [-0.2, -0.15) is 0 Å². The Kier molecular flexibility index (Phi) is 6.55. The van der Waals surface area contributed by atoms with Gasteiger partial charge >= 0.3 is 0 Å². The normalized spacial score (nSPS) is 18.9. The number of para-hydroxylation sites is 1. The minimum Gasteiger partial charge on any atom is -0.456 e. The van der Waals surface area contributed by atoms with Crippen molar-refractivity contribution in [3.8, 4) is 5.69 Å². The molecule has 2 aliphatic carbocycles. The van der Waals surface area contributed by atoms with Gasteiger partial charge < -0.3 is 8.98 Å². The number of hydrogen-bond donors (Lipinski definition) is 0. The zero-order valence-corrected chi connectivity index (χ0v) is 29.6. The van der Waals surface area contributed by atoms with Crippen LogP contribution in [0.4, 0.5) is 0 Å². The summed E-state index contributed by atoms with van der Waals surface area (Å²) in [6, 6.07) is 47.5. The maximum absolute atomic E-state index is 6.70. The molecule has 0 saturated carbocycles. The van der Waals surface area contributed by atoms with Gasteiger partial charge in [-0.3, -0.25) is 4.99 Å². The standard InChI is InChI=1S/C48H35BN3O/c1-48(2)38-21-11-9-18-32(38)36-27-37-33-19-10-12-22-40(33)52(41(37)28-39(36)48)31-24-25-34-43(26-31)53-42-23-13-20-35(44(34)42)47-50-45(29-14-5-3-6-15-29)49-46(51-47)30-16-7-4-8-17-30/h3-17,19-28,32,45H,18H2,1-2H3. The van der Waals surface area contributed by atoms with E-state index in [1.807, 2.05) is 12.1 Å². The van der Waals surface area contributed by atoms with Crippen LogP contribution >= 0.6 is 0 Å². The van der Waals surface area contributed by atoms with E-state index in [4.69, 9.17) is 14.4 Å². The first kappa shape index (κ1) is 30.4. The predicted octanol–water partition coefficient (Wildman–Crippen LogP) is 11.6. The maximum Gasteiger partial charge on any atom is 0.216 e. The number of furan rings is 1. The SMILES string of the molecule is CC1(C)C2=CC=CCC2c2cc3c4ccccc4n(-c4ccc5c(c4)oc4cccc(C6=NC(c7ccccc7)[B]C(c7ccccc7)=N6)c45)c3cc21. The summed E-state index contributed by atoms with van der Waals surface area (Å²) >= 11 is 0. The van der Waals surface area contributed by atoms with Gasteiger partial charge in [0.25, 0.3) is 0 Å². The maximum atomic E-state index is 6.70. The Morgan fingerprint density at radius 1 is 0.736 bits per heavy atom. The van der Waals surface area contributed by atoms with Crippen molar-refractivity contribution < 1.29 is 4.42 Å². The highest BCUT2D eigenvalue weighted by atomic mass is 16.3. The Hall–Kier alpha value is -6.20. The van der Waals surface area contributed by atoms with Gasteiger partial charge in [0.1, 0.15) is 11.2 Å². The van der Waals surface area contributed by atoms with Crippen LogP contribution in [0.2, 0.25) is 0 Å². The van der Waals surface area contributed by atoms with Crippen LogP contribution in [0.3, 0.4) is 0 Å². The van der Waals surface area contributed by atoms with Crippen LogP contribution in [0.5, 0.6) is 0 Å². The third-order valence-electron chi connectivity index (χ3n) is 11.8. The summed E-state index contributed by atoms with van der Waals surface area (Å²) in [5, 5.41) is 4.65. The van der Waals surface area contributed by atoms with Gasteiger partial charge in [0.2, 0.25) is 7.28 Å². The van der Waals surface area contributed by atoms with E-state index in [0.717, 1.165) is 56.3 Å². The molecular weight excluding hydrogens is 645 g/mol. The molecule has 0 N–H and O–H groups in total. The van der Waals surface area contributed by atoms with Crippen LogP contribution in [-0.2, 0) is 5.41 Å². The fraction of sp³-hybridized carbons (Fsp3) is 0.125. The third-order valence-corrected chi connectivity index (χ3v) is 11.8. The van der Waals surface area contributed by atoms with Gasteiger partial charge in [-0.25, -0.2) is 4.99 Å². The molecule has 2 unspecified atom stereocenters. The fourth-order valence-electron chi connectivity index (χ4n) is 9.22. The summed E-state index contributed by atoms with van der Waals surface area (Å²) in [5.74, 6) is 1.000. The lowest BCUT2D eigenvalue weighted by Gasteiger charge is -2.25. The van der Waals surface area contributed by atoms with Gasteiger partial charge in [-0.15, -0.1) is 0 Å². The van der Waals surface area contributed by atoms with Crippen molar-refractivity contribution in [2.75, 3.05) is 0 Å². The molecule has 3 aliphatic rings. The van der Waals surface area contributed by atoms with Crippen molar-refractivity contribution in [1.82, 2.24) is 4.57 Å². The van der Waals surface area contributed by atoms with Gasteiger partial charge in [0.15, 0.2) is 5.84 Å². The number of amidine groups is 1. The number of nitrogens with zero attached hydrogens (tertiary/aromatic N) is 3. The first-order chi connectivity index (χ1) is 26.0. The Bertz CT molecular complexity index is 2920. The van der Waals surface area contributed by atoms with Crippen molar-refractivity contribution >= 4 is 62.5 Å². The molecule has 53 heavy (non-hydrogen) atoms. The second-order valence-electron chi connectivity index (χ2n) is 15.1. The van der Waals surface area contributed by atoms with E-state index in [1.54, 1.807) is 0 Å². The average Bonchev–Trinajstić information content (AvgIpc) is 3.82. The second-order valence-corrected chi connectivity index (χ2v) is 15.1. The molecule has 1 radical (unpaired) electrons. The summed E-state index contributed by atoms with van der Waals surface area (Å²) < 4.78 is 9.12. The molecule has 8 aromatic rings. The summed E-state index contributed by atoms with van der Waals surface area (Å²) in [4.78, 5) is 10.4. The van der Waals surface area contributed by atoms with E-state index in [1.165, 1.54) is 38.5 Å². The van der Waals surface area contributed by atoms with Crippen molar-refractivity contribution in [3.63, 3.8) is 0 Å². The van der Waals surface area contributed by atoms with Crippen LogP contribution in [0.25, 0.3) is 49.4 Å². The quantitative estimate of drug-likeness (QED) is 0.171. The Balaban J connectivity index is 1.09. The van der Waals surface area contributed by atoms with E-state index >= 15 is 0 Å². The molecule has 6 aromatic carbocycles.